The van der Waals surface area contributed by atoms with Gasteiger partial charge in [0.25, 0.3) is 0 Å². The Morgan fingerprint density at radius 2 is 2.10 bits per heavy atom. The van der Waals surface area contributed by atoms with Crippen LogP contribution in [0.3, 0.4) is 0 Å². The molecule has 21 heavy (non-hydrogen) atoms. The molecule has 0 fully saturated rings. The quantitative estimate of drug-likeness (QED) is 0.869. The summed E-state index contributed by atoms with van der Waals surface area (Å²) in [7, 11) is 1.57. The number of hydrogen-bond acceptors (Lipinski definition) is 4. The van der Waals surface area contributed by atoms with Crippen molar-refractivity contribution < 1.29 is 19.4 Å². The number of carbonyl (C=O) groups is 1. The smallest absolute Gasteiger partial charge is 0.306 e. The topological polar surface area (TPSA) is 55.8 Å². The second-order valence-corrected chi connectivity index (χ2v) is 6.66. The highest BCUT2D eigenvalue weighted by Gasteiger charge is 2.26. The van der Waals surface area contributed by atoms with Crippen molar-refractivity contribution in [3.8, 4) is 11.5 Å². The third kappa shape index (κ3) is 3.90. The van der Waals surface area contributed by atoms with E-state index in [0.717, 1.165) is 30.4 Å². The molecule has 1 aromatic carbocycles. The van der Waals surface area contributed by atoms with Gasteiger partial charge >= 0.3 is 5.97 Å². The lowest BCUT2D eigenvalue weighted by molar-refractivity contribution is -0.156. The van der Waals surface area contributed by atoms with Crippen molar-refractivity contribution in [2.75, 3.05) is 7.11 Å². The molecule has 4 heteroatoms. The summed E-state index contributed by atoms with van der Waals surface area (Å²) in [4.78, 5) is 11.9. The van der Waals surface area contributed by atoms with Crippen molar-refractivity contribution in [2.45, 2.75) is 52.1 Å². The Hall–Kier alpha value is -1.71. The van der Waals surface area contributed by atoms with Crippen LogP contribution in [-0.2, 0) is 22.4 Å². The first-order valence-electron chi connectivity index (χ1n) is 7.39. The minimum atomic E-state index is -0.432. The van der Waals surface area contributed by atoms with Crippen LogP contribution in [0.4, 0.5) is 0 Å². The fourth-order valence-corrected chi connectivity index (χ4v) is 2.90. The van der Waals surface area contributed by atoms with Gasteiger partial charge in [-0.3, -0.25) is 4.79 Å². The third-order valence-corrected chi connectivity index (χ3v) is 3.73. The summed E-state index contributed by atoms with van der Waals surface area (Å²) in [5.74, 6) is 0.911. The number of phenols is 1. The molecule has 1 N–H and O–H groups in total. The van der Waals surface area contributed by atoms with E-state index in [4.69, 9.17) is 9.47 Å². The van der Waals surface area contributed by atoms with Crippen LogP contribution in [0.2, 0.25) is 0 Å². The number of hydrogen-bond donors (Lipinski definition) is 1. The third-order valence-electron chi connectivity index (χ3n) is 3.73. The number of aromatic hydroxyl groups is 1. The predicted octanol–water partition coefficient (Wildman–Crippen LogP) is 3.24. The van der Waals surface area contributed by atoms with E-state index < -0.39 is 5.60 Å². The van der Waals surface area contributed by atoms with Gasteiger partial charge in [-0.2, -0.15) is 0 Å². The predicted molar refractivity (Wildman–Crippen MR) is 80.6 cm³/mol. The van der Waals surface area contributed by atoms with Crippen LogP contribution < -0.4 is 4.74 Å². The van der Waals surface area contributed by atoms with Crippen LogP contribution in [0, 0.1) is 5.92 Å². The molecule has 0 aliphatic heterocycles. The maximum Gasteiger partial charge on any atom is 0.306 e. The number of phenolic OH excluding ortho intramolecular Hbond substituents is 1. The summed E-state index contributed by atoms with van der Waals surface area (Å²) in [6, 6.07) is 3.59. The van der Waals surface area contributed by atoms with Crippen molar-refractivity contribution in [1.29, 1.82) is 0 Å². The summed E-state index contributed by atoms with van der Waals surface area (Å²) >= 11 is 0. The van der Waals surface area contributed by atoms with Crippen molar-refractivity contribution in [1.82, 2.24) is 0 Å². The van der Waals surface area contributed by atoms with E-state index in [1.807, 2.05) is 26.8 Å². The summed E-state index contributed by atoms with van der Waals surface area (Å²) in [6.45, 7) is 5.65. The molecule has 116 valence electrons. The molecule has 0 saturated heterocycles. The van der Waals surface area contributed by atoms with Crippen LogP contribution >= 0.6 is 0 Å². The molecule has 2 rings (SSSR count). The molecular formula is C17H24O4. The SMILES string of the molecule is COc1c(O)ccc2c1CCC(CC(=O)OC(C)(C)C)C2. The van der Waals surface area contributed by atoms with Gasteiger partial charge in [-0.1, -0.05) is 6.07 Å². The average molecular weight is 292 g/mol. The summed E-state index contributed by atoms with van der Waals surface area (Å²) < 4.78 is 10.7. The van der Waals surface area contributed by atoms with Gasteiger partial charge in [-0.05, 0) is 57.6 Å². The maximum atomic E-state index is 11.9. The van der Waals surface area contributed by atoms with E-state index >= 15 is 0 Å². The lowest BCUT2D eigenvalue weighted by Crippen LogP contribution is -2.26. The van der Waals surface area contributed by atoms with Crippen LogP contribution in [0.15, 0.2) is 12.1 Å². The lowest BCUT2D eigenvalue weighted by Gasteiger charge is -2.27. The number of ether oxygens (including phenoxy) is 2. The Morgan fingerprint density at radius 3 is 2.71 bits per heavy atom. The Labute approximate surface area is 126 Å². The molecule has 1 aromatic rings. The van der Waals surface area contributed by atoms with Gasteiger partial charge in [0.1, 0.15) is 5.60 Å². The average Bonchev–Trinajstić information content (AvgIpc) is 2.36. The molecule has 0 aromatic heterocycles. The van der Waals surface area contributed by atoms with Gasteiger partial charge in [-0.25, -0.2) is 0 Å². The molecule has 1 atom stereocenters. The summed E-state index contributed by atoms with van der Waals surface area (Å²) in [5.41, 5.74) is 1.79. The number of esters is 1. The largest absolute Gasteiger partial charge is 0.504 e. The van der Waals surface area contributed by atoms with Crippen molar-refractivity contribution in [2.24, 2.45) is 5.92 Å². The van der Waals surface area contributed by atoms with Crippen molar-refractivity contribution in [3.63, 3.8) is 0 Å². The standard InChI is InChI=1S/C17H24O4/c1-17(2,3)21-15(19)10-11-5-7-13-12(9-11)6-8-14(18)16(13)20-4/h6,8,11,18H,5,7,9-10H2,1-4H3. The number of rotatable bonds is 3. The Kier molecular flexibility index (Phi) is 4.45. The molecule has 0 amide bonds. The fraction of sp³-hybridized carbons (Fsp3) is 0.588. The highest BCUT2D eigenvalue weighted by molar-refractivity contribution is 5.70. The number of fused-ring (bicyclic) bond motifs is 1. The molecule has 4 nitrogen and oxygen atoms in total. The van der Waals surface area contributed by atoms with E-state index in [-0.39, 0.29) is 11.7 Å². The summed E-state index contributed by atoms with van der Waals surface area (Å²) in [5, 5.41) is 9.81. The zero-order chi connectivity index (χ0) is 15.6. The molecule has 1 unspecified atom stereocenters. The second kappa shape index (κ2) is 5.96. The molecule has 1 aliphatic rings. The highest BCUT2D eigenvalue weighted by Crippen LogP contribution is 2.38. The van der Waals surface area contributed by atoms with E-state index in [1.54, 1.807) is 13.2 Å². The van der Waals surface area contributed by atoms with Crippen molar-refractivity contribution in [3.05, 3.63) is 23.3 Å². The van der Waals surface area contributed by atoms with Gasteiger partial charge < -0.3 is 14.6 Å². The van der Waals surface area contributed by atoms with Gasteiger partial charge in [-0.15, -0.1) is 0 Å². The maximum absolute atomic E-state index is 11.9. The second-order valence-electron chi connectivity index (χ2n) is 6.66. The van der Waals surface area contributed by atoms with Gasteiger partial charge in [0.15, 0.2) is 11.5 Å². The summed E-state index contributed by atoms with van der Waals surface area (Å²) in [6.07, 6.45) is 3.00. The monoisotopic (exact) mass is 292 g/mol. The first kappa shape index (κ1) is 15.7. The molecule has 0 radical (unpaired) electrons. The number of benzene rings is 1. The lowest BCUT2D eigenvalue weighted by atomic mass is 9.81. The minimum absolute atomic E-state index is 0.137. The van der Waals surface area contributed by atoms with Crippen LogP contribution in [0.1, 0.15) is 44.7 Å². The zero-order valence-corrected chi connectivity index (χ0v) is 13.2. The van der Waals surface area contributed by atoms with Crippen LogP contribution in [0.5, 0.6) is 11.5 Å². The normalized spacial score (nSPS) is 18.0. The van der Waals surface area contributed by atoms with E-state index in [2.05, 4.69) is 0 Å². The minimum Gasteiger partial charge on any atom is -0.504 e. The Morgan fingerprint density at radius 1 is 1.38 bits per heavy atom. The highest BCUT2D eigenvalue weighted by atomic mass is 16.6. The number of carbonyl (C=O) groups excluding carboxylic acids is 1. The van der Waals surface area contributed by atoms with Crippen molar-refractivity contribution >= 4 is 5.97 Å². The fourth-order valence-electron chi connectivity index (χ4n) is 2.90. The molecule has 1 aliphatic carbocycles. The van der Waals surface area contributed by atoms with Crippen LogP contribution in [-0.4, -0.2) is 23.8 Å². The zero-order valence-electron chi connectivity index (χ0n) is 13.2. The molecule has 0 bridgehead atoms. The van der Waals surface area contributed by atoms with Gasteiger partial charge in [0, 0.05) is 12.0 Å². The Bertz CT molecular complexity index is 528. The molecular weight excluding hydrogens is 268 g/mol. The number of methoxy groups -OCH3 is 1. The van der Waals surface area contributed by atoms with Crippen LogP contribution in [0.25, 0.3) is 0 Å². The van der Waals surface area contributed by atoms with Gasteiger partial charge in [0.05, 0.1) is 7.11 Å². The molecule has 0 heterocycles. The Balaban J connectivity index is 2.05. The van der Waals surface area contributed by atoms with E-state index in [0.29, 0.717) is 18.1 Å². The molecule has 0 saturated carbocycles. The first-order valence-corrected chi connectivity index (χ1v) is 7.39. The van der Waals surface area contributed by atoms with E-state index in [9.17, 15) is 9.90 Å². The first-order chi connectivity index (χ1) is 9.80. The molecule has 0 spiro atoms. The van der Waals surface area contributed by atoms with E-state index in [1.165, 1.54) is 0 Å². The van der Waals surface area contributed by atoms with Gasteiger partial charge in [0.2, 0.25) is 0 Å².